The van der Waals surface area contributed by atoms with Crippen LogP contribution in [-0.4, -0.2) is 48.7 Å². The summed E-state index contributed by atoms with van der Waals surface area (Å²) in [5.41, 5.74) is 0.955. The Bertz CT molecular complexity index is 594. The Morgan fingerprint density at radius 1 is 1.30 bits per heavy atom. The average molecular weight is 317 g/mol. The number of methoxy groups -OCH3 is 1. The molecule has 2 aliphatic rings. The Kier molecular flexibility index (Phi) is 4.39. The van der Waals surface area contributed by atoms with Gasteiger partial charge in [-0.25, -0.2) is 0 Å². The summed E-state index contributed by atoms with van der Waals surface area (Å²) in [7, 11) is 1.49. The Hall–Kier alpha value is -1.88. The van der Waals surface area contributed by atoms with Gasteiger partial charge in [0.25, 0.3) is 5.91 Å². The molecule has 5 heteroatoms. The molecule has 5 nitrogen and oxygen atoms in total. The maximum absolute atomic E-state index is 12.6. The summed E-state index contributed by atoms with van der Waals surface area (Å²) in [6.45, 7) is 0.797. The first-order valence-electron chi connectivity index (χ1n) is 8.17. The highest BCUT2D eigenvalue weighted by Gasteiger charge is 2.46. The summed E-state index contributed by atoms with van der Waals surface area (Å²) in [6, 6.07) is 7.81. The largest absolute Gasteiger partial charge is 0.481 e. The molecular weight excluding hydrogens is 294 g/mol. The predicted molar refractivity (Wildman–Crippen MR) is 85.5 cm³/mol. The van der Waals surface area contributed by atoms with Gasteiger partial charge in [-0.05, 0) is 42.9 Å². The van der Waals surface area contributed by atoms with Gasteiger partial charge in [0.05, 0.1) is 6.61 Å². The van der Waals surface area contributed by atoms with E-state index < -0.39 is 11.4 Å². The molecule has 0 aromatic heterocycles. The standard InChI is InChI=1S/C18H23NO4/c1-23-12-18(17(21)22)9-10-19(11-18)16(20)15-7-5-14(6-8-15)13-3-2-4-13/h5-8,13H,2-4,9-12H2,1H3,(H,21,22)/t18-/m1/s1. The first-order valence-corrected chi connectivity index (χ1v) is 8.17. The van der Waals surface area contributed by atoms with Gasteiger partial charge < -0.3 is 14.7 Å². The van der Waals surface area contributed by atoms with Crippen LogP contribution in [0.3, 0.4) is 0 Å². The SMILES string of the molecule is COC[C@@]1(C(=O)O)CCN(C(=O)c2ccc(C3CCC3)cc2)C1. The number of aliphatic carboxylic acids is 1. The number of likely N-dealkylation sites (tertiary alicyclic amines) is 1. The fourth-order valence-electron chi connectivity index (χ4n) is 3.50. The predicted octanol–water partition coefficient (Wildman–Crippen LogP) is 2.52. The van der Waals surface area contributed by atoms with Gasteiger partial charge >= 0.3 is 5.97 Å². The second-order valence-corrected chi connectivity index (χ2v) is 6.75. The Morgan fingerprint density at radius 3 is 2.52 bits per heavy atom. The van der Waals surface area contributed by atoms with Gasteiger partial charge in [-0.1, -0.05) is 18.6 Å². The number of carboxylic acids is 1. The van der Waals surface area contributed by atoms with Crippen LogP contribution in [0.2, 0.25) is 0 Å². The van der Waals surface area contributed by atoms with Crippen LogP contribution in [0.15, 0.2) is 24.3 Å². The fraction of sp³-hybridized carbons (Fsp3) is 0.556. The van der Waals surface area contributed by atoms with Crippen molar-refractivity contribution in [1.29, 1.82) is 0 Å². The van der Waals surface area contributed by atoms with E-state index in [0.717, 1.165) is 0 Å². The summed E-state index contributed by atoms with van der Waals surface area (Å²) >= 11 is 0. The molecule has 1 atom stereocenters. The lowest BCUT2D eigenvalue weighted by atomic mass is 9.80. The molecule has 3 rings (SSSR count). The second-order valence-electron chi connectivity index (χ2n) is 6.75. The fourth-order valence-corrected chi connectivity index (χ4v) is 3.50. The van der Waals surface area contributed by atoms with Crippen LogP contribution in [-0.2, 0) is 9.53 Å². The number of carboxylic acid groups (broad SMARTS) is 1. The van der Waals surface area contributed by atoms with Crippen LogP contribution >= 0.6 is 0 Å². The van der Waals surface area contributed by atoms with Crippen LogP contribution in [0.5, 0.6) is 0 Å². The zero-order valence-electron chi connectivity index (χ0n) is 13.5. The van der Waals surface area contributed by atoms with Crippen molar-refractivity contribution in [3.05, 3.63) is 35.4 Å². The van der Waals surface area contributed by atoms with Crippen LogP contribution in [0.4, 0.5) is 0 Å². The van der Waals surface area contributed by atoms with Gasteiger partial charge in [-0.15, -0.1) is 0 Å². The zero-order valence-corrected chi connectivity index (χ0v) is 13.5. The third-order valence-corrected chi connectivity index (χ3v) is 5.25. The third kappa shape index (κ3) is 2.98. The highest BCUT2D eigenvalue weighted by Crippen LogP contribution is 2.36. The molecule has 1 heterocycles. The van der Waals surface area contributed by atoms with Gasteiger partial charge in [-0.3, -0.25) is 9.59 Å². The molecule has 1 aromatic rings. The van der Waals surface area contributed by atoms with Crippen molar-refractivity contribution < 1.29 is 19.4 Å². The molecular formula is C18H23NO4. The highest BCUT2D eigenvalue weighted by atomic mass is 16.5. The number of carbonyl (C=O) groups excluding carboxylic acids is 1. The number of benzene rings is 1. The molecule has 1 aliphatic carbocycles. The van der Waals surface area contributed by atoms with E-state index in [4.69, 9.17) is 4.74 Å². The van der Waals surface area contributed by atoms with Crippen molar-refractivity contribution in [2.45, 2.75) is 31.6 Å². The van der Waals surface area contributed by atoms with Crippen LogP contribution in [0, 0.1) is 5.41 Å². The van der Waals surface area contributed by atoms with E-state index in [0.29, 0.717) is 24.4 Å². The van der Waals surface area contributed by atoms with Crippen molar-refractivity contribution in [2.24, 2.45) is 5.41 Å². The molecule has 1 saturated carbocycles. The monoisotopic (exact) mass is 317 g/mol. The molecule has 0 radical (unpaired) electrons. The molecule has 2 fully saturated rings. The molecule has 124 valence electrons. The maximum Gasteiger partial charge on any atom is 0.313 e. The normalized spacial score (nSPS) is 24.5. The van der Waals surface area contributed by atoms with E-state index in [1.54, 1.807) is 4.90 Å². The van der Waals surface area contributed by atoms with Crippen molar-refractivity contribution >= 4 is 11.9 Å². The Balaban J connectivity index is 1.69. The lowest BCUT2D eigenvalue weighted by molar-refractivity contribution is -0.151. The Morgan fingerprint density at radius 2 is 2.00 bits per heavy atom. The quantitative estimate of drug-likeness (QED) is 0.906. The first-order chi connectivity index (χ1) is 11.1. The molecule has 1 amide bonds. The maximum atomic E-state index is 12.6. The summed E-state index contributed by atoms with van der Waals surface area (Å²) in [5, 5.41) is 9.48. The van der Waals surface area contributed by atoms with Crippen molar-refractivity contribution in [3.8, 4) is 0 Å². The first kappa shape index (κ1) is 16.0. The van der Waals surface area contributed by atoms with Crippen molar-refractivity contribution in [3.63, 3.8) is 0 Å². The molecule has 23 heavy (non-hydrogen) atoms. The van der Waals surface area contributed by atoms with Crippen LogP contribution in [0.1, 0.15) is 47.5 Å². The number of carbonyl (C=O) groups is 2. The summed E-state index contributed by atoms with van der Waals surface area (Å²) in [5.74, 6) is -0.341. The van der Waals surface area contributed by atoms with E-state index >= 15 is 0 Å². The van der Waals surface area contributed by atoms with Gasteiger partial charge in [-0.2, -0.15) is 0 Å². The molecule has 1 aliphatic heterocycles. The van der Waals surface area contributed by atoms with Crippen molar-refractivity contribution in [2.75, 3.05) is 26.8 Å². The number of nitrogens with zero attached hydrogens (tertiary/aromatic N) is 1. The van der Waals surface area contributed by atoms with E-state index in [-0.39, 0.29) is 19.1 Å². The van der Waals surface area contributed by atoms with E-state index in [2.05, 4.69) is 0 Å². The van der Waals surface area contributed by atoms with Gasteiger partial charge in [0.1, 0.15) is 5.41 Å². The van der Waals surface area contributed by atoms with Crippen molar-refractivity contribution in [1.82, 2.24) is 4.90 Å². The number of amides is 1. The minimum Gasteiger partial charge on any atom is -0.481 e. The number of rotatable bonds is 5. The summed E-state index contributed by atoms with van der Waals surface area (Å²) in [4.78, 5) is 25.8. The van der Waals surface area contributed by atoms with E-state index in [1.807, 2.05) is 24.3 Å². The molecule has 1 saturated heterocycles. The topological polar surface area (TPSA) is 66.8 Å². The number of hydrogen-bond donors (Lipinski definition) is 1. The molecule has 0 unspecified atom stereocenters. The average Bonchev–Trinajstić information content (AvgIpc) is 2.92. The minimum atomic E-state index is -0.976. The number of hydrogen-bond acceptors (Lipinski definition) is 3. The second kappa shape index (κ2) is 6.32. The number of ether oxygens (including phenoxy) is 1. The molecule has 0 spiro atoms. The highest BCUT2D eigenvalue weighted by molar-refractivity contribution is 5.95. The Labute approximate surface area is 136 Å². The van der Waals surface area contributed by atoms with E-state index in [1.165, 1.54) is 31.9 Å². The summed E-state index contributed by atoms with van der Waals surface area (Å²) in [6.07, 6.45) is 4.19. The zero-order chi connectivity index (χ0) is 16.4. The van der Waals surface area contributed by atoms with Gasteiger partial charge in [0, 0.05) is 25.8 Å². The van der Waals surface area contributed by atoms with Crippen LogP contribution in [0.25, 0.3) is 0 Å². The van der Waals surface area contributed by atoms with Gasteiger partial charge in [0.2, 0.25) is 0 Å². The molecule has 1 N–H and O–H groups in total. The molecule has 0 bridgehead atoms. The van der Waals surface area contributed by atoms with Crippen LogP contribution < -0.4 is 0 Å². The summed E-state index contributed by atoms with van der Waals surface area (Å²) < 4.78 is 5.07. The smallest absolute Gasteiger partial charge is 0.313 e. The minimum absolute atomic E-state index is 0.0932. The van der Waals surface area contributed by atoms with Gasteiger partial charge in [0.15, 0.2) is 0 Å². The third-order valence-electron chi connectivity index (χ3n) is 5.25. The molecule has 1 aromatic carbocycles. The lowest BCUT2D eigenvalue weighted by Gasteiger charge is -2.26. The lowest BCUT2D eigenvalue weighted by Crippen LogP contribution is -2.40. The van der Waals surface area contributed by atoms with E-state index in [9.17, 15) is 14.7 Å².